The highest BCUT2D eigenvalue weighted by molar-refractivity contribution is 5.85. The van der Waals surface area contributed by atoms with Gasteiger partial charge in [-0.1, -0.05) is 31.0 Å². The molecule has 0 radical (unpaired) electrons. The molecular weight excluding hydrogens is 319 g/mol. The van der Waals surface area contributed by atoms with Crippen molar-refractivity contribution >= 4 is 24.8 Å². The number of piperazine rings is 1. The lowest BCUT2D eigenvalue weighted by Crippen LogP contribution is -2.46. The summed E-state index contributed by atoms with van der Waals surface area (Å²) in [6.45, 7) is 6.32. The number of rotatable bonds is 3. The highest BCUT2D eigenvalue weighted by atomic mass is 35.5. The topological polar surface area (TPSA) is 35.5 Å². The van der Waals surface area contributed by atoms with E-state index in [0.29, 0.717) is 17.7 Å². The van der Waals surface area contributed by atoms with Crippen LogP contribution in [0, 0.1) is 12.8 Å². The molecule has 1 aliphatic heterocycles. The molecule has 1 atom stereocenters. The van der Waals surface area contributed by atoms with E-state index >= 15 is 0 Å². The number of hydrogen-bond donors (Lipinski definition) is 2. The summed E-state index contributed by atoms with van der Waals surface area (Å²) < 4.78 is 0. The van der Waals surface area contributed by atoms with Crippen LogP contribution in [-0.2, 0) is 0 Å². The van der Waals surface area contributed by atoms with Crippen LogP contribution in [-0.4, -0.2) is 36.2 Å². The Labute approximate surface area is 146 Å². The summed E-state index contributed by atoms with van der Waals surface area (Å²) >= 11 is 0. The van der Waals surface area contributed by atoms with Gasteiger partial charge in [0.1, 0.15) is 5.75 Å². The molecule has 3 rings (SSSR count). The highest BCUT2D eigenvalue weighted by Crippen LogP contribution is 2.43. The number of aromatic hydroxyl groups is 1. The fourth-order valence-electron chi connectivity index (χ4n) is 3.90. The fourth-order valence-corrected chi connectivity index (χ4v) is 3.90. The van der Waals surface area contributed by atoms with E-state index in [0.717, 1.165) is 37.3 Å². The summed E-state index contributed by atoms with van der Waals surface area (Å²) in [5, 5.41) is 14.0. The molecule has 1 aliphatic carbocycles. The third kappa shape index (κ3) is 4.08. The molecule has 126 valence electrons. The number of nitrogens with zero attached hydrogens (tertiary/aromatic N) is 1. The Balaban J connectivity index is 0.00000121. The van der Waals surface area contributed by atoms with Crippen LogP contribution in [0.3, 0.4) is 0 Å². The molecule has 1 aromatic carbocycles. The lowest BCUT2D eigenvalue weighted by molar-refractivity contribution is 0.123. The van der Waals surface area contributed by atoms with Crippen molar-refractivity contribution < 1.29 is 5.11 Å². The number of phenolic OH excluding ortho intramolecular Hbond substituents is 1. The molecule has 2 N–H and O–H groups in total. The molecule has 2 aliphatic rings. The van der Waals surface area contributed by atoms with E-state index in [1.165, 1.54) is 25.7 Å². The van der Waals surface area contributed by atoms with Crippen LogP contribution in [0.5, 0.6) is 5.75 Å². The third-order valence-corrected chi connectivity index (χ3v) is 4.98. The van der Waals surface area contributed by atoms with Gasteiger partial charge in [-0.05, 0) is 31.2 Å². The van der Waals surface area contributed by atoms with Gasteiger partial charge < -0.3 is 10.4 Å². The standard InChI is InChI=1S/C17H26N2O.2ClH/c1-13-5-4-8-15(17(13)20)16(14-6-2-3-7-14)19-11-9-18-10-12-19;;/h4-5,8,14,16,18,20H,2-3,6-7,9-12H2,1H3;2*1H/t16-;;/m1../s1. The number of para-hydroxylation sites is 1. The molecule has 0 aromatic heterocycles. The molecule has 1 saturated carbocycles. The van der Waals surface area contributed by atoms with Crippen LogP contribution in [0.25, 0.3) is 0 Å². The van der Waals surface area contributed by atoms with Gasteiger partial charge in [-0.2, -0.15) is 0 Å². The van der Waals surface area contributed by atoms with Gasteiger partial charge in [-0.15, -0.1) is 24.8 Å². The monoisotopic (exact) mass is 346 g/mol. The van der Waals surface area contributed by atoms with Gasteiger partial charge in [-0.25, -0.2) is 0 Å². The average Bonchev–Trinajstić information content (AvgIpc) is 2.99. The molecule has 1 aromatic rings. The van der Waals surface area contributed by atoms with Crippen molar-refractivity contribution in [2.24, 2.45) is 5.92 Å². The molecule has 0 unspecified atom stereocenters. The van der Waals surface area contributed by atoms with Gasteiger partial charge in [0.05, 0.1) is 0 Å². The first-order chi connectivity index (χ1) is 9.77. The quantitative estimate of drug-likeness (QED) is 0.876. The van der Waals surface area contributed by atoms with Crippen molar-refractivity contribution in [2.45, 2.75) is 38.6 Å². The van der Waals surface area contributed by atoms with Crippen LogP contribution in [0.1, 0.15) is 42.9 Å². The number of halogens is 2. The molecule has 0 bridgehead atoms. The first-order valence-corrected chi connectivity index (χ1v) is 8.00. The smallest absolute Gasteiger partial charge is 0.123 e. The Morgan fingerprint density at radius 3 is 2.41 bits per heavy atom. The minimum atomic E-state index is 0. The van der Waals surface area contributed by atoms with E-state index in [4.69, 9.17) is 0 Å². The number of hydrogen-bond acceptors (Lipinski definition) is 3. The lowest BCUT2D eigenvalue weighted by Gasteiger charge is -2.39. The van der Waals surface area contributed by atoms with Crippen molar-refractivity contribution in [1.29, 1.82) is 0 Å². The summed E-state index contributed by atoms with van der Waals surface area (Å²) in [7, 11) is 0. The van der Waals surface area contributed by atoms with Crippen molar-refractivity contribution in [2.75, 3.05) is 26.2 Å². The van der Waals surface area contributed by atoms with E-state index in [2.05, 4.69) is 22.3 Å². The molecule has 22 heavy (non-hydrogen) atoms. The van der Waals surface area contributed by atoms with Gasteiger partial charge in [0, 0.05) is 37.8 Å². The molecule has 1 saturated heterocycles. The molecular formula is C17H28Cl2N2O. The zero-order chi connectivity index (χ0) is 13.9. The molecule has 0 spiro atoms. The maximum absolute atomic E-state index is 10.5. The van der Waals surface area contributed by atoms with Crippen molar-refractivity contribution in [3.05, 3.63) is 29.3 Å². The first-order valence-electron chi connectivity index (χ1n) is 8.00. The molecule has 1 heterocycles. The maximum Gasteiger partial charge on any atom is 0.123 e. The molecule has 0 amide bonds. The lowest BCUT2D eigenvalue weighted by atomic mass is 9.88. The van der Waals surface area contributed by atoms with E-state index in [9.17, 15) is 5.11 Å². The van der Waals surface area contributed by atoms with Crippen LogP contribution in [0.2, 0.25) is 0 Å². The van der Waals surface area contributed by atoms with Gasteiger partial charge >= 0.3 is 0 Å². The Hall–Kier alpha value is -0.480. The van der Waals surface area contributed by atoms with Gasteiger partial charge in [0.2, 0.25) is 0 Å². The predicted molar refractivity (Wildman–Crippen MR) is 96.5 cm³/mol. The van der Waals surface area contributed by atoms with Crippen LogP contribution < -0.4 is 5.32 Å². The van der Waals surface area contributed by atoms with Crippen molar-refractivity contribution in [3.8, 4) is 5.75 Å². The largest absolute Gasteiger partial charge is 0.507 e. The second-order valence-electron chi connectivity index (χ2n) is 6.29. The van der Waals surface area contributed by atoms with E-state index < -0.39 is 0 Å². The number of nitrogens with one attached hydrogen (secondary N) is 1. The number of benzene rings is 1. The van der Waals surface area contributed by atoms with Crippen LogP contribution in [0.15, 0.2) is 18.2 Å². The summed E-state index contributed by atoms with van der Waals surface area (Å²) in [5.41, 5.74) is 2.15. The summed E-state index contributed by atoms with van der Waals surface area (Å²) in [6.07, 6.45) is 5.31. The van der Waals surface area contributed by atoms with Crippen LogP contribution >= 0.6 is 24.8 Å². The van der Waals surface area contributed by atoms with Crippen molar-refractivity contribution in [1.82, 2.24) is 10.2 Å². The Morgan fingerprint density at radius 1 is 1.14 bits per heavy atom. The SMILES string of the molecule is Cc1cccc([C@@H](C2CCCC2)N2CCNCC2)c1O.Cl.Cl. The highest BCUT2D eigenvalue weighted by Gasteiger charge is 2.33. The van der Waals surface area contributed by atoms with Crippen LogP contribution in [0.4, 0.5) is 0 Å². The van der Waals surface area contributed by atoms with E-state index in [1.54, 1.807) is 0 Å². The summed E-state index contributed by atoms with van der Waals surface area (Å²) in [4.78, 5) is 2.58. The molecule has 2 fully saturated rings. The fraction of sp³-hybridized carbons (Fsp3) is 0.647. The molecule has 3 nitrogen and oxygen atoms in total. The first kappa shape index (κ1) is 19.6. The van der Waals surface area contributed by atoms with Gasteiger partial charge in [0.15, 0.2) is 0 Å². The third-order valence-electron chi connectivity index (χ3n) is 4.98. The van der Waals surface area contributed by atoms with Gasteiger partial charge in [0.25, 0.3) is 0 Å². The Morgan fingerprint density at radius 2 is 1.77 bits per heavy atom. The number of aryl methyl sites for hydroxylation is 1. The summed E-state index contributed by atoms with van der Waals surface area (Å²) in [5.74, 6) is 1.23. The van der Waals surface area contributed by atoms with Crippen molar-refractivity contribution in [3.63, 3.8) is 0 Å². The minimum absolute atomic E-state index is 0. The zero-order valence-corrected chi connectivity index (χ0v) is 14.9. The number of phenols is 1. The average molecular weight is 347 g/mol. The molecule has 5 heteroatoms. The summed E-state index contributed by atoms with van der Waals surface area (Å²) in [6, 6.07) is 6.63. The van der Waals surface area contributed by atoms with E-state index in [-0.39, 0.29) is 24.8 Å². The zero-order valence-electron chi connectivity index (χ0n) is 13.3. The minimum Gasteiger partial charge on any atom is -0.507 e. The van der Waals surface area contributed by atoms with E-state index in [1.807, 2.05) is 13.0 Å². The second-order valence-corrected chi connectivity index (χ2v) is 6.29. The Bertz CT molecular complexity index is 458. The maximum atomic E-state index is 10.5. The second kappa shape index (κ2) is 8.97. The predicted octanol–water partition coefficient (Wildman–Crippen LogP) is 3.68. The Kier molecular flexibility index (Phi) is 7.98. The normalized spacial score (nSPS) is 21.0. The van der Waals surface area contributed by atoms with Gasteiger partial charge in [-0.3, -0.25) is 4.90 Å².